The molecule has 2 saturated heterocycles. The predicted octanol–water partition coefficient (Wildman–Crippen LogP) is 5.64. The Kier molecular flexibility index (Phi) is 5.55. The molecule has 10 heteroatoms. The predicted molar refractivity (Wildman–Crippen MR) is 143 cm³/mol. The van der Waals surface area contributed by atoms with E-state index < -0.39 is 10.8 Å². The van der Waals surface area contributed by atoms with Gasteiger partial charge in [-0.2, -0.15) is 0 Å². The van der Waals surface area contributed by atoms with E-state index in [2.05, 4.69) is 10.2 Å². The average Bonchev–Trinajstić information content (AvgIpc) is 3.51. The first kappa shape index (κ1) is 24.6. The first-order valence-corrected chi connectivity index (χ1v) is 14.0. The maximum atomic E-state index is 13.8. The molecule has 1 amide bonds. The van der Waals surface area contributed by atoms with Crippen LogP contribution in [-0.4, -0.2) is 49.5 Å². The lowest BCUT2D eigenvalue weighted by Gasteiger charge is -2.40. The molecule has 2 aliphatic carbocycles. The maximum Gasteiger partial charge on any atom is 0.271 e. The summed E-state index contributed by atoms with van der Waals surface area (Å²) in [6.07, 6.45) is 5.15. The lowest BCUT2D eigenvalue weighted by atomic mass is 9.81. The highest BCUT2D eigenvalue weighted by Gasteiger charge is 2.60. The number of fused-ring (bicyclic) bond motifs is 1. The lowest BCUT2D eigenvalue weighted by Crippen LogP contribution is -2.43. The van der Waals surface area contributed by atoms with Gasteiger partial charge in [0.15, 0.2) is 0 Å². The molecule has 1 spiro atoms. The van der Waals surface area contributed by atoms with Crippen LogP contribution in [-0.2, 0) is 6.42 Å². The van der Waals surface area contributed by atoms with E-state index >= 15 is 0 Å². The molecule has 7 rings (SSSR count). The van der Waals surface area contributed by atoms with Crippen LogP contribution in [0.3, 0.4) is 0 Å². The molecule has 2 saturated carbocycles. The Morgan fingerprint density at radius 2 is 1.72 bits per heavy atom. The van der Waals surface area contributed by atoms with Gasteiger partial charge in [0, 0.05) is 68.8 Å². The number of halogens is 2. The summed E-state index contributed by atoms with van der Waals surface area (Å²) in [5.41, 5.74) is 3.67. The van der Waals surface area contributed by atoms with E-state index in [9.17, 15) is 23.7 Å². The number of carbonyl (C=O) groups is 1. The van der Waals surface area contributed by atoms with Crippen LogP contribution in [0.1, 0.15) is 54.4 Å². The number of alkyl halides is 2. The van der Waals surface area contributed by atoms with Crippen molar-refractivity contribution in [2.45, 2.75) is 50.9 Å². The molecule has 0 unspecified atom stereocenters. The third kappa shape index (κ3) is 4.19. The second-order valence-corrected chi connectivity index (χ2v) is 11.9. The smallest absolute Gasteiger partial charge is 0.271 e. The Balaban J connectivity index is 1.18. The van der Waals surface area contributed by atoms with Crippen LogP contribution in [0.15, 0.2) is 30.3 Å². The summed E-state index contributed by atoms with van der Waals surface area (Å²) in [7, 11) is 0. The van der Waals surface area contributed by atoms with Crippen LogP contribution < -0.4 is 19.9 Å². The summed E-state index contributed by atoms with van der Waals surface area (Å²) in [4.78, 5) is 29.0. The number of hydrogen-bond acceptors (Lipinski definition) is 6. The van der Waals surface area contributed by atoms with Gasteiger partial charge < -0.3 is 19.9 Å². The normalized spacial score (nSPS) is 25.8. The number of nitro benzene ring substituents is 1. The lowest BCUT2D eigenvalue weighted by molar-refractivity contribution is -0.384. The molecule has 0 radical (unpaired) electrons. The summed E-state index contributed by atoms with van der Waals surface area (Å²) in [6.45, 7) is 2.57. The number of nitrogens with one attached hydrogen (secondary N) is 1. The molecule has 206 valence electrons. The highest BCUT2D eigenvalue weighted by molar-refractivity contribution is 6.08. The number of amides is 1. The number of ether oxygens (including phenoxy) is 1. The van der Waals surface area contributed by atoms with Crippen LogP contribution >= 0.6 is 0 Å². The van der Waals surface area contributed by atoms with Gasteiger partial charge in [0.05, 0.1) is 28.5 Å². The number of benzene rings is 2. The average molecular weight is 539 g/mol. The van der Waals surface area contributed by atoms with E-state index in [0.717, 1.165) is 24.3 Å². The summed E-state index contributed by atoms with van der Waals surface area (Å²) in [6, 6.07) is 8.15. The SMILES string of the molecule is O=C(Nc1cc2c(c(N3CCC(F)(F)CC3)c1)OCC2)c1ccc([N+](=O)[O-])cc1N1C[C@H]2CC[C@@H](C1)C21CC1. The van der Waals surface area contributed by atoms with Crippen LogP contribution in [0, 0.1) is 27.4 Å². The Morgan fingerprint density at radius 3 is 2.38 bits per heavy atom. The zero-order chi connectivity index (χ0) is 26.9. The molecule has 1 N–H and O–H groups in total. The number of carbonyl (C=O) groups excluding carboxylic acids is 1. The second-order valence-electron chi connectivity index (χ2n) is 11.9. The molecule has 5 aliphatic rings. The van der Waals surface area contributed by atoms with Crippen LogP contribution in [0.2, 0.25) is 0 Å². The summed E-state index contributed by atoms with van der Waals surface area (Å²) in [5.74, 6) is -1.16. The molecule has 2 aromatic carbocycles. The van der Waals surface area contributed by atoms with Crippen molar-refractivity contribution in [3.8, 4) is 5.75 Å². The Morgan fingerprint density at radius 1 is 1.00 bits per heavy atom. The fourth-order valence-electron chi connectivity index (χ4n) is 7.58. The van der Waals surface area contributed by atoms with Crippen molar-refractivity contribution in [3.05, 3.63) is 51.6 Å². The number of piperidine rings is 2. The third-order valence-corrected chi connectivity index (χ3v) is 9.83. The molecule has 2 aromatic rings. The molecule has 3 heterocycles. The third-order valence-electron chi connectivity index (χ3n) is 9.83. The zero-order valence-corrected chi connectivity index (χ0v) is 21.8. The molecule has 3 aliphatic heterocycles. The highest BCUT2D eigenvalue weighted by Crippen LogP contribution is 2.66. The summed E-state index contributed by atoms with van der Waals surface area (Å²) >= 11 is 0. The number of nitro groups is 1. The van der Waals surface area contributed by atoms with E-state index in [4.69, 9.17) is 4.74 Å². The molecule has 2 bridgehead atoms. The van der Waals surface area contributed by atoms with Crippen molar-refractivity contribution in [1.82, 2.24) is 0 Å². The van der Waals surface area contributed by atoms with Gasteiger partial charge in [-0.3, -0.25) is 14.9 Å². The van der Waals surface area contributed by atoms with Crippen molar-refractivity contribution in [2.75, 3.05) is 47.9 Å². The number of hydrogen-bond donors (Lipinski definition) is 1. The minimum Gasteiger partial charge on any atom is -0.491 e. The van der Waals surface area contributed by atoms with Gasteiger partial charge in [0.25, 0.3) is 17.5 Å². The van der Waals surface area contributed by atoms with Crippen LogP contribution in [0.5, 0.6) is 5.75 Å². The van der Waals surface area contributed by atoms with Crippen molar-refractivity contribution in [2.24, 2.45) is 17.3 Å². The molecule has 39 heavy (non-hydrogen) atoms. The van der Waals surface area contributed by atoms with Gasteiger partial charge in [-0.05, 0) is 61.1 Å². The number of nitrogens with zero attached hydrogens (tertiary/aromatic N) is 3. The monoisotopic (exact) mass is 538 g/mol. The Labute approximate surface area is 225 Å². The fourth-order valence-corrected chi connectivity index (χ4v) is 7.58. The number of anilines is 3. The van der Waals surface area contributed by atoms with Gasteiger partial charge in [0.1, 0.15) is 5.75 Å². The van der Waals surface area contributed by atoms with E-state index in [1.807, 2.05) is 11.0 Å². The standard InChI is InChI=1S/C29H32F2N4O4/c30-29(31)8-10-33(11-9-29)25-14-21(13-18-5-12-39-26(18)25)32-27(36)23-4-3-22(35(37)38)15-24(23)34-16-19-1-2-20(17-34)28(19)6-7-28/h3-4,13-15,19-20H,1-2,5-12,16-17H2,(H,32,36)/t19-,20+. The van der Waals surface area contributed by atoms with E-state index in [0.29, 0.717) is 53.0 Å². The Hall–Kier alpha value is -3.43. The van der Waals surface area contributed by atoms with Gasteiger partial charge in [-0.1, -0.05) is 0 Å². The Bertz CT molecular complexity index is 1340. The van der Waals surface area contributed by atoms with E-state index in [1.165, 1.54) is 37.8 Å². The van der Waals surface area contributed by atoms with Crippen molar-refractivity contribution >= 4 is 28.7 Å². The van der Waals surface area contributed by atoms with Crippen LogP contribution in [0.25, 0.3) is 0 Å². The zero-order valence-electron chi connectivity index (χ0n) is 21.8. The molecule has 8 nitrogen and oxygen atoms in total. The number of rotatable bonds is 5. The van der Waals surface area contributed by atoms with Crippen molar-refractivity contribution < 1.29 is 23.2 Å². The second kappa shape index (κ2) is 8.79. The van der Waals surface area contributed by atoms with Gasteiger partial charge in [-0.25, -0.2) is 8.78 Å². The fraction of sp³-hybridized carbons (Fsp3) is 0.552. The molecule has 0 aromatic heterocycles. The van der Waals surface area contributed by atoms with Crippen LogP contribution in [0.4, 0.5) is 31.5 Å². The molecular formula is C29H32F2N4O4. The first-order chi connectivity index (χ1) is 18.7. The molecular weight excluding hydrogens is 506 g/mol. The minimum absolute atomic E-state index is 0.0283. The summed E-state index contributed by atoms with van der Waals surface area (Å²) < 4.78 is 33.5. The van der Waals surface area contributed by atoms with Gasteiger partial charge in [-0.15, -0.1) is 0 Å². The summed E-state index contributed by atoms with van der Waals surface area (Å²) in [5, 5.41) is 14.6. The highest BCUT2D eigenvalue weighted by atomic mass is 19.3. The maximum absolute atomic E-state index is 13.8. The van der Waals surface area contributed by atoms with Crippen molar-refractivity contribution in [1.29, 1.82) is 0 Å². The number of non-ortho nitro benzene ring substituents is 1. The molecule has 4 fully saturated rings. The van der Waals surface area contributed by atoms with E-state index in [-0.39, 0.29) is 37.5 Å². The van der Waals surface area contributed by atoms with Gasteiger partial charge >= 0.3 is 0 Å². The van der Waals surface area contributed by atoms with Gasteiger partial charge in [0.2, 0.25) is 0 Å². The topological polar surface area (TPSA) is 88.0 Å². The van der Waals surface area contributed by atoms with Crippen molar-refractivity contribution in [3.63, 3.8) is 0 Å². The minimum atomic E-state index is -2.66. The largest absolute Gasteiger partial charge is 0.491 e. The molecule has 2 atom stereocenters. The van der Waals surface area contributed by atoms with E-state index in [1.54, 1.807) is 12.1 Å². The quantitative estimate of drug-likeness (QED) is 0.391. The first-order valence-electron chi connectivity index (χ1n) is 14.0.